The van der Waals surface area contributed by atoms with Gasteiger partial charge in [0, 0.05) is 5.71 Å². The van der Waals surface area contributed by atoms with Crippen molar-refractivity contribution >= 4 is 11.6 Å². The number of hydrogen-bond donors (Lipinski definition) is 1. The topological polar surface area (TPSA) is 52.9 Å². The molecule has 2 unspecified atom stereocenters. The Bertz CT molecular complexity index is 301. The van der Waals surface area contributed by atoms with E-state index in [1.54, 1.807) is 5.01 Å². The van der Waals surface area contributed by atoms with E-state index >= 15 is 0 Å². The molecule has 0 aromatic rings. The van der Waals surface area contributed by atoms with Crippen molar-refractivity contribution in [1.82, 2.24) is 5.01 Å². The predicted molar refractivity (Wildman–Crippen MR) is 62.1 cm³/mol. The minimum atomic E-state index is -0.387. The molecule has 16 heavy (non-hydrogen) atoms. The third kappa shape index (κ3) is 2.26. The number of aliphatic hydroxyl groups is 1. The molecule has 2 atom stereocenters. The minimum Gasteiger partial charge on any atom is -0.391 e. The number of amides is 1. The second-order valence-corrected chi connectivity index (χ2v) is 4.75. The highest BCUT2D eigenvalue weighted by Gasteiger charge is 2.35. The van der Waals surface area contributed by atoms with Gasteiger partial charge in [-0.05, 0) is 19.3 Å². The Balaban J connectivity index is 2.05. The summed E-state index contributed by atoms with van der Waals surface area (Å²) in [5.74, 6) is 0.0643. The lowest BCUT2D eigenvalue weighted by molar-refractivity contribution is -0.134. The second-order valence-electron chi connectivity index (χ2n) is 4.75. The largest absolute Gasteiger partial charge is 0.391 e. The Morgan fingerprint density at radius 3 is 2.88 bits per heavy atom. The summed E-state index contributed by atoms with van der Waals surface area (Å²) >= 11 is 0. The van der Waals surface area contributed by atoms with Crippen LogP contribution in [0.25, 0.3) is 0 Å². The molecule has 1 saturated carbocycles. The van der Waals surface area contributed by atoms with E-state index in [2.05, 4.69) is 12.0 Å². The van der Waals surface area contributed by atoms with E-state index in [9.17, 15) is 9.90 Å². The maximum atomic E-state index is 11.8. The molecule has 0 saturated heterocycles. The van der Waals surface area contributed by atoms with Crippen molar-refractivity contribution in [2.75, 3.05) is 0 Å². The summed E-state index contributed by atoms with van der Waals surface area (Å²) in [5.41, 5.74) is 0.977. The van der Waals surface area contributed by atoms with Crippen LogP contribution in [-0.2, 0) is 4.79 Å². The van der Waals surface area contributed by atoms with Crippen LogP contribution in [0.4, 0.5) is 0 Å². The molecule has 2 aliphatic rings. The lowest BCUT2D eigenvalue weighted by atomic mass is 9.92. The maximum absolute atomic E-state index is 11.8. The Labute approximate surface area is 96.3 Å². The Morgan fingerprint density at radius 2 is 2.19 bits per heavy atom. The van der Waals surface area contributed by atoms with Crippen molar-refractivity contribution in [3.8, 4) is 0 Å². The van der Waals surface area contributed by atoms with Gasteiger partial charge in [-0.15, -0.1) is 0 Å². The molecule has 1 fully saturated rings. The molecule has 1 aliphatic heterocycles. The van der Waals surface area contributed by atoms with Gasteiger partial charge in [-0.2, -0.15) is 5.10 Å². The van der Waals surface area contributed by atoms with E-state index in [4.69, 9.17) is 0 Å². The first-order valence-corrected chi connectivity index (χ1v) is 6.29. The molecule has 4 heteroatoms. The fourth-order valence-corrected chi connectivity index (χ4v) is 2.56. The van der Waals surface area contributed by atoms with E-state index in [0.29, 0.717) is 6.42 Å². The number of rotatable bonds is 3. The average molecular weight is 224 g/mol. The normalized spacial score (nSPS) is 30.8. The van der Waals surface area contributed by atoms with Crippen molar-refractivity contribution in [1.29, 1.82) is 0 Å². The standard InChI is InChI=1S/C12H20N2O2/c1-2-5-9-8-12(16)14(13-9)10-6-3-4-7-11(10)15/h10-11,15H,2-8H2,1H3. The molecule has 0 radical (unpaired) electrons. The number of carbonyl (C=O) groups excluding carboxylic acids is 1. The van der Waals surface area contributed by atoms with Crippen molar-refractivity contribution < 1.29 is 9.90 Å². The summed E-state index contributed by atoms with van der Waals surface area (Å²) in [6.45, 7) is 2.09. The first kappa shape index (κ1) is 11.6. The third-order valence-electron chi connectivity index (χ3n) is 3.41. The maximum Gasteiger partial charge on any atom is 0.248 e. The van der Waals surface area contributed by atoms with Gasteiger partial charge in [0.05, 0.1) is 18.6 Å². The smallest absolute Gasteiger partial charge is 0.248 e. The first-order chi connectivity index (χ1) is 7.72. The summed E-state index contributed by atoms with van der Waals surface area (Å²) in [4.78, 5) is 11.8. The zero-order valence-electron chi connectivity index (χ0n) is 9.85. The Morgan fingerprint density at radius 1 is 1.44 bits per heavy atom. The fourth-order valence-electron chi connectivity index (χ4n) is 2.56. The van der Waals surface area contributed by atoms with E-state index in [0.717, 1.165) is 44.2 Å². The lowest BCUT2D eigenvalue weighted by Crippen LogP contribution is -2.43. The number of carbonyl (C=O) groups is 1. The highest BCUT2D eigenvalue weighted by molar-refractivity contribution is 6.05. The van der Waals surface area contributed by atoms with E-state index in [1.165, 1.54) is 0 Å². The van der Waals surface area contributed by atoms with Crippen LogP contribution in [0, 0.1) is 0 Å². The van der Waals surface area contributed by atoms with Gasteiger partial charge in [-0.3, -0.25) is 4.79 Å². The molecule has 1 heterocycles. The number of nitrogens with zero attached hydrogens (tertiary/aromatic N) is 2. The summed E-state index contributed by atoms with van der Waals surface area (Å²) < 4.78 is 0. The zero-order chi connectivity index (χ0) is 11.5. The Hall–Kier alpha value is -0.900. The SMILES string of the molecule is CCCC1=NN(C2CCCCC2O)C(=O)C1. The van der Waals surface area contributed by atoms with Gasteiger partial charge in [-0.25, -0.2) is 5.01 Å². The van der Waals surface area contributed by atoms with Crippen LogP contribution >= 0.6 is 0 Å². The summed E-state index contributed by atoms with van der Waals surface area (Å²) in [6.07, 6.45) is 5.82. The van der Waals surface area contributed by atoms with E-state index in [-0.39, 0.29) is 18.1 Å². The van der Waals surface area contributed by atoms with Gasteiger partial charge in [0.1, 0.15) is 0 Å². The lowest BCUT2D eigenvalue weighted by Gasteiger charge is -2.32. The van der Waals surface area contributed by atoms with Gasteiger partial charge in [0.15, 0.2) is 0 Å². The third-order valence-corrected chi connectivity index (χ3v) is 3.41. The number of hydrazone groups is 1. The molecule has 0 spiro atoms. The molecule has 2 rings (SSSR count). The van der Waals surface area contributed by atoms with Crippen LogP contribution in [0.5, 0.6) is 0 Å². The van der Waals surface area contributed by atoms with E-state index < -0.39 is 0 Å². The molecule has 90 valence electrons. The zero-order valence-corrected chi connectivity index (χ0v) is 9.85. The van der Waals surface area contributed by atoms with Gasteiger partial charge in [-0.1, -0.05) is 26.2 Å². The van der Waals surface area contributed by atoms with Crippen molar-refractivity contribution in [3.05, 3.63) is 0 Å². The van der Waals surface area contributed by atoms with Crippen LogP contribution in [0.2, 0.25) is 0 Å². The molecule has 1 N–H and O–H groups in total. The van der Waals surface area contributed by atoms with Crippen molar-refractivity contribution in [3.63, 3.8) is 0 Å². The van der Waals surface area contributed by atoms with Gasteiger partial charge in [0.2, 0.25) is 5.91 Å². The Kier molecular flexibility index (Phi) is 3.59. The van der Waals surface area contributed by atoms with Crippen molar-refractivity contribution in [2.24, 2.45) is 5.10 Å². The van der Waals surface area contributed by atoms with Gasteiger partial charge < -0.3 is 5.11 Å². The number of hydrogen-bond acceptors (Lipinski definition) is 3. The van der Waals surface area contributed by atoms with Crippen LogP contribution in [0.3, 0.4) is 0 Å². The summed E-state index contributed by atoms with van der Waals surface area (Å²) in [7, 11) is 0. The number of aliphatic hydroxyl groups excluding tert-OH is 1. The molecule has 0 aromatic carbocycles. The second kappa shape index (κ2) is 4.95. The van der Waals surface area contributed by atoms with Gasteiger partial charge >= 0.3 is 0 Å². The quantitative estimate of drug-likeness (QED) is 0.793. The summed E-state index contributed by atoms with van der Waals surface area (Å²) in [5, 5.41) is 15.8. The molecule has 1 amide bonds. The van der Waals surface area contributed by atoms with E-state index in [1.807, 2.05) is 0 Å². The van der Waals surface area contributed by atoms with Crippen LogP contribution < -0.4 is 0 Å². The minimum absolute atomic E-state index is 0.0643. The first-order valence-electron chi connectivity index (χ1n) is 6.29. The molecule has 0 bridgehead atoms. The molecular formula is C12H20N2O2. The molecular weight excluding hydrogens is 204 g/mol. The molecule has 4 nitrogen and oxygen atoms in total. The predicted octanol–water partition coefficient (Wildman–Crippen LogP) is 1.68. The van der Waals surface area contributed by atoms with Crippen LogP contribution in [0.15, 0.2) is 5.10 Å². The fraction of sp³-hybridized carbons (Fsp3) is 0.833. The van der Waals surface area contributed by atoms with Gasteiger partial charge in [0.25, 0.3) is 0 Å². The van der Waals surface area contributed by atoms with Crippen LogP contribution in [0.1, 0.15) is 51.9 Å². The average Bonchev–Trinajstić information content (AvgIpc) is 2.61. The highest BCUT2D eigenvalue weighted by Crippen LogP contribution is 2.26. The highest BCUT2D eigenvalue weighted by atomic mass is 16.3. The van der Waals surface area contributed by atoms with Crippen LogP contribution in [-0.4, -0.2) is 33.9 Å². The van der Waals surface area contributed by atoms with Crippen molar-refractivity contribution in [2.45, 2.75) is 64.0 Å². The molecule has 1 aliphatic carbocycles. The molecule has 0 aromatic heterocycles. The summed E-state index contributed by atoms with van der Waals surface area (Å²) in [6, 6.07) is -0.0735. The monoisotopic (exact) mass is 224 g/mol.